The van der Waals surface area contributed by atoms with Gasteiger partial charge in [0.15, 0.2) is 0 Å². The molecule has 0 heterocycles. The van der Waals surface area contributed by atoms with Crippen LogP contribution in [0.15, 0.2) is 54.6 Å². The molecular weight excluding hydrogens is 438 g/mol. The highest BCUT2D eigenvalue weighted by molar-refractivity contribution is 5.82. The summed E-state index contributed by atoms with van der Waals surface area (Å²) in [5, 5.41) is 2.64. The number of carbonyl (C=O) groups is 2. The Morgan fingerprint density at radius 1 is 0.882 bits per heavy atom. The zero-order chi connectivity index (χ0) is 24.8. The summed E-state index contributed by atoms with van der Waals surface area (Å²) in [6.07, 6.45) is -0.441. The molecule has 0 saturated heterocycles. The largest absolute Gasteiger partial charge is 0.491 e. The summed E-state index contributed by atoms with van der Waals surface area (Å²) < 4.78 is 26.7. The molecule has 0 unspecified atom stereocenters. The van der Waals surface area contributed by atoms with Crippen LogP contribution < -0.4 is 10.1 Å². The van der Waals surface area contributed by atoms with Crippen LogP contribution in [-0.4, -0.2) is 57.2 Å². The molecule has 0 bridgehead atoms. The van der Waals surface area contributed by atoms with Gasteiger partial charge in [-0.05, 0) is 44.0 Å². The number of alkyl carbamates (subject to hydrolysis) is 1. The van der Waals surface area contributed by atoms with E-state index in [-0.39, 0.29) is 13.0 Å². The van der Waals surface area contributed by atoms with Crippen LogP contribution >= 0.6 is 0 Å². The highest BCUT2D eigenvalue weighted by atomic mass is 16.6. The van der Waals surface area contributed by atoms with E-state index < -0.39 is 23.7 Å². The molecule has 0 aliphatic rings. The molecule has 8 heteroatoms. The van der Waals surface area contributed by atoms with Crippen LogP contribution in [0.5, 0.6) is 5.75 Å². The number of nitrogens with one attached hydrogen (secondary N) is 1. The fourth-order valence-electron chi connectivity index (χ4n) is 2.89. The average Bonchev–Trinajstić information content (AvgIpc) is 2.80. The number of rotatable bonds is 13. The van der Waals surface area contributed by atoms with Crippen LogP contribution in [0.25, 0.3) is 0 Å². The summed E-state index contributed by atoms with van der Waals surface area (Å²) in [4.78, 5) is 25.1. The van der Waals surface area contributed by atoms with Crippen molar-refractivity contribution in [3.8, 4) is 5.75 Å². The van der Waals surface area contributed by atoms with Crippen molar-refractivity contribution in [2.24, 2.45) is 0 Å². The Balaban J connectivity index is 1.92. The first-order chi connectivity index (χ1) is 16.3. The van der Waals surface area contributed by atoms with Crippen LogP contribution in [0, 0.1) is 0 Å². The summed E-state index contributed by atoms with van der Waals surface area (Å²) in [5.41, 5.74) is 1.00. The topological polar surface area (TPSA) is 92.3 Å². The molecule has 0 saturated carbocycles. The van der Waals surface area contributed by atoms with Gasteiger partial charge in [0.2, 0.25) is 0 Å². The number of ether oxygens (including phenoxy) is 5. The van der Waals surface area contributed by atoms with E-state index in [4.69, 9.17) is 23.7 Å². The maximum absolute atomic E-state index is 12.7. The lowest BCUT2D eigenvalue weighted by Gasteiger charge is -2.24. The third kappa shape index (κ3) is 11.2. The van der Waals surface area contributed by atoms with E-state index in [9.17, 15) is 9.59 Å². The first kappa shape index (κ1) is 27.1. The minimum atomic E-state index is -0.900. The highest BCUT2D eigenvalue weighted by Gasteiger charge is 2.27. The van der Waals surface area contributed by atoms with Crippen LogP contribution in [0.2, 0.25) is 0 Å². The molecule has 34 heavy (non-hydrogen) atoms. The molecule has 0 radical (unpaired) electrons. The van der Waals surface area contributed by atoms with Gasteiger partial charge in [-0.2, -0.15) is 0 Å². The number of carbonyl (C=O) groups excluding carboxylic acids is 2. The van der Waals surface area contributed by atoms with E-state index >= 15 is 0 Å². The Labute approximate surface area is 201 Å². The first-order valence-electron chi connectivity index (χ1n) is 11.3. The summed E-state index contributed by atoms with van der Waals surface area (Å²) in [7, 11) is 1.62. The number of amides is 1. The number of hydrogen-bond acceptors (Lipinski definition) is 7. The van der Waals surface area contributed by atoms with E-state index in [0.29, 0.717) is 32.2 Å². The highest BCUT2D eigenvalue weighted by Crippen LogP contribution is 2.16. The molecule has 0 aliphatic heterocycles. The fraction of sp³-hybridized carbons (Fsp3) is 0.462. The maximum atomic E-state index is 12.7. The zero-order valence-corrected chi connectivity index (χ0v) is 20.4. The third-order valence-corrected chi connectivity index (χ3v) is 4.49. The number of benzene rings is 2. The summed E-state index contributed by atoms with van der Waals surface area (Å²) in [5.74, 6) is 0.154. The summed E-state index contributed by atoms with van der Waals surface area (Å²) >= 11 is 0. The first-order valence-corrected chi connectivity index (χ1v) is 11.3. The SMILES string of the molecule is COCCOCCOc1ccc(C[C@H](NC(=O)OCc2ccccc2)C(=O)OC(C)(C)C)cc1. The molecule has 2 aromatic carbocycles. The Bertz CT molecular complexity index is 863. The van der Waals surface area contributed by atoms with Crippen LogP contribution in [-0.2, 0) is 36.8 Å². The van der Waals surface area contributed by atoms with Crippen molar-refractivity contribution in [3.63, 3.8) is 0 Å². The third-order valence-electron chi connectivity index (χ3n) is 4.49. The molecule has 1 amide bonds. The second kappa shape index (κ2) is 14.2. The van der Waals surface area contributed by atoms with Gasteiger partial charge in [-0.15, -0.1) is 0 Å². The lowest BCUT2D eigenvalue weighted by atomic mass is 10.1. The average molecular weight is 474 g/mol. The van der Waals surface area contributed by atoms with Crippen molar-refractivity contribution in [1.82, 2.24) is 5.32 Å². The minimum absolute atomic E-state index is 0.106. The van der Waals surface area contributed by atoms with E-state index in [1.807, 2.05) is 54.6 Å². The lowest BCUT2D eigenvalue weighted by molar-refractivity contribution is -0.157. The van der Waals surface area contributed by atoms with Crippen LogP contribution in [0.3, 0.4) is 0 Å². The Kier molecular flexibility index (Phi) is 11.4. The summed E-state index contributed by atoms with van der Waals surface area (Å²) in [6.45, 7) is 7.38. The fourth-order valence-corrected chi connectivity index (χ4v) is 2.89. The van der Waals surface area contributed by atoms with Crippen molar-refractivity contribution in [2.45, 2.75) is 45.4 Å². The molecule has 1 N–H and O–H groups in total. The second-order valence-electron chi connectivity index (χ2n) is 8.59. The lowest BCUT2D eigenvalue weighted by Crippen LogP contribution is -2.45. The molecule has 1 atom stereocenters. The van der Waals surface area contributed by atoms with Crippen molar-refractivity contribution < 1.29 is 33.3 Å². The van der Waals surface area contributed by atoms with Crippen molar-refractivity contribution in [2.75, 3.05) is 33.5 Å². The Morgan fingerprint density at radius 3 is 2.21 bits per heavy atom. The molecule has 0 aliphatic carbocycles. The van der Waals surface area contributed by atoms with Gasteiger partial charge in [0.1, 0.15) is 30.6 Å². The van der Waals surface area contributed by atoms with E-state index in [1.165, 1.54) is 0 Å². The number of methoxy groups -OCH3 is 1. The van der Waals surface area contributed by atoms with Crippen molar-refractivity contribution >= 4 is 12.1 Å². The van der Waals surface area contributed by atoms with E-state index in [2.05, 4.69) is 5.32 Å². The van der Waals surface area contributed by atoms with Crippen molar-refractivity contribution in [3.05, 3.63) is 65.7 Å². The van der Waals surface area contributed by atoms with Gasteiger partial charge in [-0.3, -0.25) is 0 Å². The standard InChI is InChI=1S/C26H35NO7/c1-26(2,3)34-24(28)23(27-25(29)33-19-21-8-6-5-7-9-21)18-20-10-12-22(13-11-20)32-17-16-31-15-14-30-4/h5-13,23H,14-19H2,1-4H3,(H,27,29)/t23-/m0/s1. The summed E-state index contributed by atoms with van der Waals surface area (Å²) in [6, 6.07) is 15.7. The van der Waals surface area contributed by atoms with E-state index in [1.54, 1.807) is 27.9 Å². The molecule has 8 nitrogen and oxygen atoms in total. The smallest absolute Gasteiger partial charge is 0.408 e. The molecule has 2 rings (SSSR count). The maximum Gasteiger partial charge on any atom is 0.408 e. The second-order valence-corrected chi connectivity index (χ2v) is 8.59. The normalized spacial score (nSPS) is 12.0. The molecule has 0 fully saturated rings. The van der Waals surface area contributed by atoms with Gasteiger partial charge in [0.05, 0.1) is 19.8 Å². The molecule has 0 aromatic heterocycles. The Morgan fingerprint density at radius 2 is 1.56 bits per heavy atom. The monoisotopic (exact) mass is 473 g/mol. The predicted octanol–water partition coefficient (Wildman–Crippen LogP) is 3.91. The molecular formula is C26H35NO7. The number of esters is 1. The minimum Gasteiger partial charge on any atom is -0.491 e. The zero-order valence-electron chi connectivity index (χ0n) is 20.4. The molecule has 2 aromatic rings. The number of hydrogen-bond donors (Lipinski definition) is 1. The van der Waals surface area contributed by atoms with Gasteiger partial charge in [0, 0.05) is 13.5 Å². The Hall–Kier alpha value is -3.10. The molecule has 186 valence electrons. The molecule has 0 spiro atoms. The van der Waals surface area contributed by atoms with Gasteiger partial charge >= 0.3 is 12.1 Å². The van der Waals surface area contributed by atoms with Gasteiger partial charge < -0.3 is 29.0 Å². The van der Waals surface area contributed by atoms with Gasteiger partial charge in [-0.25, -0.2) is 9.59 Å². The predicted molar refractivity (Wildman–Crippen MR) is 128 cm³/mol. The van der Waals surface area contributed by atoms with Crippen LogP contribution in [0.4, 0.5) is 4.79 Å². The van der Waals surface area contributed by atoms with Gasteiger partial charge in [-0.1, -0.05) is 42.5 Å². The van der Waals surface area contributed by atoms with Crippen molar-refractivity contribution in [1.29, 1.82) is 0 Å². The van der Waals surface area contributed by atoms with Crippen LogP contribution in [0.1, 0.15) is 31.9 Å². The quantitative estimate of drug-likeness (QED) is 0.348. The van der Waals surface area contributed by atoms with E-state index in [0.717, 1.165) is 11.1 Å². The van der Waals surface area contributed by atoms with Gasteiger partial charge in [0.25, 0.3) is 0 Å².